The Hall–Kier alpha value is -1.52. The Balaban J connectivity index is 3.59. The van der Waals surface area contributed by atoms with Crippen LogP contribution in [0.25, 0.3) is 0 Å². The lowest BCUT2D eigenvalue weighted by atomic mass is 9.99. The molecule has 0 aromatic carbocycles. The van der Waals surface area contributed by atoms with Crippen LogP contribution in [0.2, 0.25) is 0 Å². The Morgan fingerprint density at radius 1 is 1.24 bits per heavy atom. The van der Waals surface area contributed by atoms with E-state index in [1.807, 2.05) is 20.8 Å². The van der Waals surface area contributed by atoms with Gasteiger partial charge in [0.1, 0.15) is 6.61 Å². The van der Waals surface area contributed by atoms with Crippen LogP contribution in [-0.4, -0.2) is 31.8 Å². The van der Waals surface area contributed by atoms with Crippen LogP contribution in [0.15, 0.2) is 12.2 Å². The molecule has 0 aliphatic rings. The van der Waals surface area contributed by atoms with Crippen LogP contribution in [0.1, 0.15) is 27.7 Å². The van der Waals surface area contributed by atoms with E-state index in [4.69, 9.17) is 9.47 Å². The van der Waals surface area contributed by atoms with Gasteiger partial charge in [-0.3, -0.25) is 0 Å². The number of esters is 1. The van der Waals surface area contributed by atoms with Crippen LogP contribution in [0.4, 0.5) is 4.79 Å². The predicted octanol–water partition coefficient (Wildman–Crippen LogP) is 1.88. The molecule has 0 rings (SSSR count). The number of carbonyl (C=O) groups excluding carboxylic acids is 2. The van der Waals surface area contributed by atoms with Gasteiger partial charge in [0.15, 0.2) is 0 Å². The molecular weight excluding hydrogens is 222 g/mol. The maximum Gasteiger partial charge on any atom is 0.407 e. The molecule has 0 unspecified atom stereocenters. The standard InChI is InChI=1S/C12H21NO4/c1-9(2)10(14)16-7-6-13-11(15)17-8-12(3,4)5/h1,6-8H2,2-5H3,(H,13,15). The zero-order valence-electron chi connectivity index (χ0n) is 11.0. The van der Waals surface area contributed by atoms with Crippen molar-refractivity contribution in [1.82, 2.24) is 5.32 Å². The third-order valence-electron chi connectivity index (χ3n) is 1.59. The highest BCUT2D eigenvalue weighted by molar-refractivity contribution is 5.86. The molecule has 5 heteroatoms. The van der Waals surface area contributed by atoms with E-state index in [2.05, 4.69) is 11.9 Å². The number of carbonyl (C=O) groups is 2. The second-order valence-corrected chi connectivity index (χ2v) is 4.98. The minimum atomic E-state index is -0.508. The van der Waals surface area contributed by atoms with Crippen molar-refractivity contribution in [2.24, 2.45) is 5.41 Å². The fourth-order valence-electron chi connectivity index (χ4n) is 0.753. The summed E-state index contributed by atoms with van der Waals surface area (Å²) in [4.78, 5) is 22.2. The van der Waals surface area contributed by atoms with Gasteiger partial charge in [-0.2, -0.15) is 0 Å². The first-order chi connectivity index (χ1) is 7.72. The molecule has 0 heterocycles. The van der Waals surface area contributed by atoms with Gasteiger partial charge in [-0.1, -0.05) is 27.4 Å². The van der Waals surface area contributed by atoms with Gasteiger partial charge >= 0.3 is 12.1 Å². The Bertz CT molecular complexity index is 291. The van der Waals surface area contributed by atoms with Crippen molar-refractivity contribution in [2.75, 3.05) is 19.8 Å². The van der Waals surface area contributed by atoms with E-state index in [1.165, 1.54) is 0 Å². The molecule has 0 saturated carbocycles. The number of ether oxygens (including phenoxy) is 2. The summed E-state index contributed by atoms with van der Waals surface area (Å²) < 4.78 is 9.74. The second-order valence-electron chi connectivity index (χ2n) is 4.98. The third-order valence-corrected chi connectivity index (χ3v) is 1.59. The van der Waals surface area contributed by atoms with E-state index in [1.54, 1.807) is 6.92 Å². The first-order valence-electron chi connectivity index (χ1n) is 5.45. The summed E-state index contributed by atoms with van der Waals surface area (Å²) >= 11 is 0. The van der Waals surface area contributed by atoms with Crippen LogP contribution in [0.3, 0.4) is 0 Å². The van der Waals surface area contributed by atoms with E-state index in [9.17, 15) is 9.59 Å². The highest BCUT2D eigenvalue weighted by Crippen LogP contribution is 2.12. The molecule has 0 spiro atoms. The Labute approximate surface area is 102 Å². The summed E-state index contributed by atoms with van der Waals surface area (Å²) in [6.45, 7) is 11.6. The average Bonchev–Trinajstić information content (AvgIpc) is 2.20. The van der Waals surface area contributed by atoms with Gasteiger partial charge in [0.2, 0.25) is 0 Å². The van der Waals surface area contributed by atoms with Gasteiger partial charge in [0, 0.05) is 5.57 Å². The smallest absolute Gasteiger partial charge is 0.407 e. The fraction of sp³-hybridized carbons (Fsp3) is 0.667. The molecule has 0 fully saturated rings. The average molecular weight is 243 g/mol. The number of alkyl carbamates (subject to hydrolysis) is 1. The second kappa shape index (κ2) is 6.93. The highest BCUT2D eigenvalue weighted by Gasteiger charge is 2.13. The predicted molar refractivity (Wildman–Crippen MR) is 64.6 cm³/mol. The Morgan fingerprint density at radius 2 is 1.82 bits per heavy atom. The minimum absolute atomic E-state index is 0.0657. The first kappa shape index (κ1) is 15.5. The monoisotopic (exact) mass is 243 g/mol. The first-order valence-corrected chi connectivity index (χ1v) is 5.45. The lowest BCUT2D eigenvalue weighted by Gasteiger charge is -2.17. The van der Waals surface area contributed by atoms with E-state index < -0.39 is 12.1 Å². The van der Waals surface area contributed by atoms with Crippen LogP contribution >= 0.6 is 0 Å². The van der Waals surface area contributed by atoms with Crippen LogP contribution in [0, 0.1) is 5.41 Å². The lowest BCUT2D eigenvalue weighted by Crippen LogP contribution is -2.31. The summed E-state index contributed by atoms with van der Waals surface area (Å²) in [6.07, 6.45) is -0.508. The Kier molecular flexibility index (Phi) is 6.31. The van der Waals surface area contributed by atoms with Crippen molar-refractivity contribution >= 4 is 12.1 Å². The summed E-state index contributed by atoms with van der Waals surface area (Å²) in [5.74, 6) is -0.463. The van der Waals surface area contributed by atoms with Gasteiger partial charge in [-0.05, 0) is 12.3 Å². The maximum atomic E-state index is 11.2. The van der Waals surface area contributed by atoms with Crippen LogP contribution < -0.4 is 5.32 Å². The number of hydrogen-bond donors (Lipinski definition) is 1. The molecule has 0 saturated heterocycles. The van der Waals surface area contributed by atoms with Crippen molar-refractivity contribution in [1.29, 1.82) is 0 Å². The summed E-state index contributed by atoms with van der Waals surface area (Å²) in [5, 5.41) is 2.48. The molecule has 0 aliphatic heterocycles. The lowest BCUT2D eigenvalue weighted by molar-refractivity contribution is -0.138. The van der Waals surface area contributed by atoms with Crippen molar-refractivity contribution in [3.63, 3.8) is 0 Å². The molecule has 0 radical (unpaired) electrons. The van der Waals surface area contributed by atoms with Crippen LogP contribution in [0.5, 0.6) is 0 Å². The summed E-state index contributed by atoms with van der Waals surface area (Å²) in [5.41, 5.74) is 0.268. The van der Waals surface area contributed by atoms with E-state index in [0.29, 0.717) is 12.2 Å². The van der Waals surface area contributed by atoms with Gasteiger partial charge < -0.3 is 14.8 Å². The molecule has 0 aromatic heterocycles. The molecule has 0 aromatic rings. The van der Waals surface area contributed by atoms with E-state index in [-0.39, 0.29) is 18.6 Å². The number of rotatable bonds is 5. The SMILES string of the molecule is C=C(C)C(=O)OCCNC(=O)OCC(C)(C)C. The molecule has 1 amide bonds. The van der Waals surface area contributed by atoms with Gasteiger partial charge in [-0.15, -0.1) is 0 Å². The van der Waals surface area contributed by atoms with Crippen molar-refractivity contribution in [3.05, 3.63) is 12.2 Å². The van der Waals surface area contributed by atoms with Crippen LogP contribution in [-0.2, 0) is 14.3 Å². The van der Waals surface area contributed by atoms with Crippen molar-refractivity contribution < 1.29 is 19.1 Å². The third kappa shape index (κ3) is 9.41. The van der Waals surface area contributed by atoms with E-state index in [0.717, 1.165) is 0 Å². The van der Waals surface area contributed by atoms with Crippen molar-refractivity contribution in [3.8, 4) is 0 Å². The molecule has 5 nitrogen and oxygen atoms in total. The molecule has 0 bridgehead atoms. The molecule has 17 heavy (non-hydrogen) atoms. The maximum absolute atomic E-state index is 11.2. The number of amides is 1. The zero-order chi connectivity index (χ0) is 13.5. The Morgan fingerprint density at radius 3 is 2.29 bits per heavy atom. The van der Waals surface area contributed by atoms with Gasteiger partial charge in [0.05, 0.1) is 13.2 Å². The van der Waals surface area contributed by atoms with Gasteiger partial charge in [-0.25, -0.2) is 9.59 Å². The molecule has 0 aliphatic carbocycles. The molecular formula is C12H21NO4. The minimum Gasteiger partial charge on any atom is -0.460 e. The molecule has 0 atom stereocenters. The quantitative estimate of drug-likeness (QED) is 0.455. The summed E-state index contributed by atoms with van der Waals surface area (Å²) in [6, 6.07) is 0. The van der Waals surface area contributed by atoms with Crippen molar-refractivity contribution in [2.45, 2.75) is 27.7 Å². The number of nitrogens with one attached hydrogen (secondary N) is 1. The van der Waals surface area contributed by atoms with E-state index >= 15 is 0 Å². The fourth-order valence-corrected chi connectivity index (χ4v) is 0.753. The highest BCUT2D eigenvalue weighted by atomic mass is 16.6. The molecule has 1 N–H and O–H groups in total. The zero-order valence-corrected chi connectivity index (χ0v) is 11.0. The summed E-state index contributed by atoms with van der Waals surface area (Å²) in [7, 11) is 0. The number of hydrogen-bond acceptors (Lipinski definition) is 4. The largest absolute Gasteiger partial charge is 0.460 e. The topological polar surface area (TPSA) is 64.6 Å². The van der Waals surface area contributed by atoms with Gasteiger partial charge in [0.25, 0.3) is 0 Å². The normalized spacial score (nSPS) is 10.6. The molecule has 98 valence electrons.